The molecule has 0 fully saturated rings. The molecule has 0 aromatic heterocycles. The second kappa shape index (κ2) is 2.57. The predicted molar refractivity (Wildman–Crippen MR) is 44.1 cm³/mol. The lowest BCUT2D eigenvalue weighted by Crippen LogP contribution is -2.06. The summed E-state index contributed by atoms with van der Waals surface area (Å²) in [5, 5.41) is 8.59. The fraction of sp³-hybridized carbons (Fsp3) is 0.125. The summed E-state index contributed by atoms with van der Waals surface area (Å²) in [5.74, 6) is 0. The van der Waals surface area contributed by atoms with Crippen LogP contribution in [0, 0.1) is 18.3 Å². The fourth-order valence-electron chi connectivity index (χ4n) is 0.856. The van der Waals surface area contributed by atoms with Crippen LogP contribution in [-0.4, -0.2) is 7.85 Å². The van der Waals surface area contributed by atoms with Crippen LogP contribution in [0.3, 0.4) is 0 Å². The molecule has 0 atom stereocenters. The third-order valence-corrected chi connectivity index (χ3v) is 1.51. The summed E-state index contributed by atoms with van der Waals surface area (Å²) >= 11 is 0. The quantitative estimate of drug-likeness (QED) is 0.456. The normalized spacial score (nSPS) is 8.80. The van der Waals surface area contributed by atoms with Gasteiger partial charge in [-0.15, -0.1) is 0 Å². The number of nitriles is 1. The molecule has 1 aromatic carbocycles. The van der Waals surface area contributed by atoms with Gasteiger partial charge in [0.2, 0.25) is 0 Å². The topological polar surface area (TPSA) is 23.8 Å². The van der Waals surface area contributed by atoms with E-state index < -0.39 is 0 Å². The summed E-state index contributed by atoms with van der Waals surface area (Å²) in [5.41, 5.74) is 2.97. The molecule has 0 bridgehead atoms. The predicted octanol–water partition coefficient (Wildman–Crippen LogP) is 0.125. The van der Waals surface area contributed by atoms with Crippen LogP contribution < -0.4 is 5.46 Å². The number of hydrogen-bond acceptors (Lipinski definition) is 1. The molecule has 2 heteroatoms. The lowest BCUT2D eigenvalue weighted by atomic mass is 9.90. The number of rotatable bonds is 0. The zero-order valence-electron chi connectivity index (χ0n) is 6.18. The molecule has 0 aliphatic rings. The van der Waals surface area contributed by atoms with E-state index in [0.29, 0.717) is 0 Å². The molecular formula is C8H8BN. The first-order valence-corrected chi connectivity index (χ1v) is 3.21. The molecule has 0 N–H and O–H groups in total. The van der Waals surface area contributed by atoms with Gasteiger partial charge in [0.25, 0.3) is 0 Å². The van der Waals surface area contributed by atoms with Crippen molar-refractivity contribution in [3.05, 3.63) is 29.3 Å². The minimum absolute atomic E-state index is 0.778. The molecule has 1 nitrogen and oxygen atoms in total. The average Bonchev–Trinajstić information content (AvgIpc) is 1.94. The summed E-state index contributed by atoms with van der Waals surface area (Å²) < 4.78 is 0. The lowest BCUT2D eigenvalue weighted by Gasteiger charge is -1.96. The Bertz CT molecular complexity index is 286. The molecular weight excluding hydrogens is 121 g/mol. The molecule has 48 valence electrons. The molecule has 0 heterocycles. The molecule has 1 aromatic rings. The minimum atomic E-state index is 0.778. The second-order valence-corrected chi connectivity index (χ2v) is 2.43. The largest absolute Gasteiger partial charge is 0.192 e. The maximum Gasteiger partial charge on any atom is 0.141 e. The summed E-state index contributed by atoms with van der Waals surface area (Å²) in [7, 11) is 1.94. The Morgan fingerprint density at radius 2 is 2.20 bits per heavy atom. The van der Waals surface area contributed by atoms with E-state index in [1.807, 2.05) is 33.0 Å². The first kappa shape index (κ1) is 6.89. The zero-order chi connectivity index (χ0) is 7.56. The van der Waals surface area contributed by atoms with E-state index in [1.165, 1.54) is 0 Å². The molecule has 0 unspecified atom stereocenters. The van der Waals surface area contributed by atoms with E-state index >= 15 is 0 Å². The first-order valence-electron chi connectivity index (χ1n) is 3.21. The van der Waals surface area contributed by atoms with E-state index in [1.54, 1.807) is 0 Å². The molecule has 10 heavy (non-hydrogen) atoms. The summed E-state index contributed by atoms with van der Waals surface area (Å²) in [6.07, 6.45) is 0. The Hall–Kier alpha value is -1.23. The molecule has 0 radical (unpaired) electrons. The van der Waals surface area contributed by atoms with E-state index in [4.69, 9.17) is 5.26 Å². The molecule has 1 rings (SSSR count). The van der Waals surface area contributed by atoms with Crippen molar-refractivity contribution in [1.82, 2.24) is 0 Å². The maximum atomic E-state index is 8.59. The molecule has 0 aliphatic carbocycles. The van der Waals surface area contributed by atoms with Gasteiger partial charge in [0, 0.05) is 5.56 Å². The van der Waals surface area contributed by atoms with Gasteiger partial charge in [-0.1, -0.05) is 17.6 Å². The van der Waals surface area contributed by atoms with Gasteiger partial charge >= 0.3 is 0 Å². The van der Waals surface area contributed by atoms with Crippen LogP contribution in [0.4, 0.5) is 0 Å². The van der Waals surface area contributed by atoms with Crippen molar-refractivity contribution >= 4 is 13.3 Å². The maximum absolute atomic E-state index is 8.59. The van der Waals surface area contributed by atoms with Crippen molar-refractivity contribution in [3.8, 4) is 6.07 Å². The summed E-state index contributed by atoms with van der Waals surface area (Å²) in [4.78, 5) is 0. The molecule has 0 saturated heterocycles. The van der Waals surface area contributed by atoms with Crippen molar-refractivity contribution in [2.75, 3.05) is 0 Å². The first-order chi connectivity index (χ1) is 4.74. The van der Waals surface area contributed by atoms with Gasteiger partial charge in [-0.25, -0.2) is 0 Å². The van der Waals surface area contributed by atoms with Crippen molar-refractivity contribution in [3.63, 3.8) is 0 Å². The number of hydrogen-bond donors (Lipinski definition) is 0. The van der Waals surface area contributed by atoms with E-state index in [-0.39, 0.29) is 0 Å². The van der Waals surface area contributed by atoms with Crippen molar-refractivity contribution < 1.29 is 0 Å². The highest BCUT2D eigenvalue weighted by atomic mass is 14.2. The summed E-state index contributed by atoms with van der Waals surface area (Å²) in [6.45, 7) is 1.99. The Balaban J connectivity index is 3.25. The SMILES string of the molecule is Bc1ccc(C)cc1C#N. The van der Waals surface area contributed by atoms with Crippen molar-refractivity contribution in [2.45, 2.75) is 6.92 Å². The van der Waals surface area contributed by atoms with Gasteiger partial charge in [-0.05, 0) is 18.6 Å². The van der Waals surface area contributed by atoms with Crippen molar-refractivity contribution in [2.24, 2.45) is 0 Å². The highest BCUT2D eigenvalue weighted by Gasteiger charge is 1.94. The average molecular weight is 129 g/mol. The van der Waals surface area contributed by atoms with Gasteiger partial charge in [-0.3, -0.25) is 0 Å². The Morgan fingerprint density at radius 3 is 2.70 bits per heavy atom. The second-order valence-electron chi connectivity index (χ2n) is 2.43. The molecule has 0 spiro atoms. The fourth-order valence-corrected chi connectivity index (χ4v) is 0.856. The summed E-state index contributed by atoms with van der Waals surface area (Å²) in [6, 6.07) is 8.01. The van der Waals surface area contributed by atoms with Crippen LogP contribution in [0.2, 0.25) is 0 Å². The van der Waals surface area contributed by atoms with E-state index in [2.05, 4.69) is 6.07 Å². The van der Waals surface area contributed by atoms with Crippen LogP contribution in [0.5, 0.6) is 0 Å². The van der Waals surface area contributed by atoms with Gasteiger partial charge in [-0.2, -0.15) is 5.26 Å². The van der Waals surface area contributed by atoms with Crippen LogP contribution >= 0.6 is 0 Å². The molecule has 0 aliphatic heterocycles. The van der Waals surface area contributed by atoms with Crippen LogP contribution in [0.15, 0.2) is 18.2 Å². The van der Waals surface area contributed by atoms with Crippen molar-refractivity contribution in [1.29, 1.82) is 5.26 Å². The van der Waals surface area contributed by atoms with E-state index in [9.17, 15) is 0 Å². The standard InChI is InChI=1S/C8H8BN/c1-6-2-3-8(9)7(4-6)5-10/h2-4H,9H2,1H3. The smallest absolute Gasteiger partial charge is 0.141 e. The monoisotopic (exact) mass is 129 g/mol. The lowest BCUT2D eigenvalue weighted by molar-refractivity contribution is 1.44. The highest BCUT2D eigenvalue weighted by Crippen LogP contribution is 1.97. The Morgan fingerprint density at radius 1 is 1.50 bits per heavy atom. The highest BCUT2D eigenvalue weighted by molar-refractivity contribution is 6.33. The van der Waals surface area contributed by atoms with Crippen LogP contribution in [-0.2, 0) is 0 Å². The van der Waals surface area contributed by atoms with Gasteiger partial charge in [0.05, 0.1) is 6.07 Å². The number of nitrogens with zero attached hydrogens (tertiary/aromatic N) is 1. The Kier molecular flexibility index (Phi) is 1.77. The number of aryl methyl sites for hydroxylation is 1. The molecule has 0 amide bonds. The minimum Gasteiger partial charge on any atom is -0.192 e. The third-order valence-electron chi connectivity index (χ3n) is 1.51. The van der Waals surface area contributed by atoms with Gasteiger partial charge in [0.1, 0.15) is 7.85 Å². The Labute approximate surface area is 61.7 Å². The van der Waals surface area contributed by atoms with Crippen LogP contribution in [0.25, 0.3) is 0 Å². The van der Waals surface area contributed by atoms with Gasteiger partial charge < -0.3 is 0 Å². The zero-order valence-corrected chi connectivity index (χ0v) is 6.18. The van der Waals surface area contributed by atoms with Crippen LogP contribution in [0.1, 0.15) is 11.1 Å². The third kappa shape index (κ3) is 1.19. The molecule has 0 saturated carbocycles. The van der Waals surface area contributed by atoms with E-state index in [0.717, 1.165) is 16.6 Å². The number of benzene rings is 1. The van der Waals surface area contributed by atoms with Gasteiger partial charge in [0.15, 0.2) is 0 Å².